The summed E-state index contributed by atoms with van der Waals surface area (Å²) in [6, 6.07) is 21.0. The molecule has 2 amide bonds. The van der Waals surface area contributed by atoms with Crippen molar-refractivity contribution in [2.75, 3.05) is 0 Å². The predicted molar refractivity (Wildman–Crippen MR) is 109 cm³/mol. The van der Waals surface area contributed by atoms with E-state index in [0.717, 1.165) is 11.1 Å². The lowest BCUT2D eigenvalue weighted by molar-refractivity contribution is -0.119. The molecule has 0 bridgehead atoms. The molecule has 0 aliphatic heterocycles. The van der Waals surface area contributed by atoms with Crippen LogP contribution in [0, 0.1) is 6.92 Å². The highest BCUT2D eigenvalue weighted by Gasteiger charge is 2.05. The SMILES string of the molecule is CC(=O)NCc1ccc(C(=O)N=c2ccccn2Cc2ccc(C)cc2)cc1. The van der Waals surface area contributed by atoms with E-state index in [1.54, 1.807) is 12.1 Å². The molecule has 0 fully saturated rings. The van der Waals surface area contributed by atoms with Crippen molar-refractivity contribution < 1.29 is 9.59 Å². The van der Waals surface area contributed by atoms with Crippen molar-refractivity contribution in [3.8, 4) is 0 Å². The summed E-state index contributed by atoms with van der Waals surface area (Å²) in [4.78, 5) is 27.9. The summed E-state index contributed by atoms with van der Waals surface area (Å²) in [5, 5.41) is 2.73. The topological polar surface area (TPSA) is 63.5 Å². The second-order valence-electron chi connectivity index (χ2n) is 6.70. The van der Waals surface area contributed by atoms with E-state index in [9.17, 15) is 9.59 Å². The Morgan fingerprint density at radius 3 is 2.29 bits per heavy atom. The number of aromatic nitrogens is 1. The zero-order valence-electron chi connectivity index (χ0n) is 16.1. The molecule has 28 heavy (non-hydrogen) atoms. The van der Waals surface area contributed by atoms with Crippen molar-refractivity contribution in [1.82, 2.24) is 9.88 Å². The van der Waals surface area contributed by atoms with E-state index in [2.05, 4.69) is 41.5 Å². The Labute approximate surface area is 164 Å². The lowest BCUT2D eigenvalue weighted by atomic mass is 10.1. The first-order valence-electron chi connectivity index (χ1n) is 9.15. The van der Waals surface area contributed by atoms with Crippen LogP contribution in [0.2, 0.25) is 0 Å². The zero-order chi connectivity index (χ0) is 19.9. The number of pyridine rings is 1. The standard InChI is InChI=1S/C23H23N3O2/c1-17-6-8-20(9-7-17)16-26-14-4-3-5-22(26)25-23(28)21-12-10-19(11-13-21)15-24-18(2)27/h3-14H,15-16H2,1-2H3,(H,24,27). The quantitative estimate of drug-likeness (QED) is 0.746. The van der Waals surface area contributed by atoms with Crippen LogP contribution in [0.3, 0.4) is 0 Å². The number of nitrogens with zero attached hydrogens (tertiary/aromatic N) is 2. The summed E-state index contributed by atoms with van der Waals surface area (Å²) in [6.45, 7) is 4.61. The van der Waals surface area contributed by atoms with Gasteiger partial charge in [0.05, 0.1) is 0 Å². The average Bonchev–Trinajstić information content (AvgIpc) is 2.70. The van der Waals surface area contributed by atoms with Gasteiger partial charge in [-0.1, -0.05) is 48.0 Å². The third-order valence-electron chi connectivity index (χ3n) is 4.35. The summed E-state index contributed by atoms with van der Waals surface area (Å²) >= 11 is 0. The molecule has 0 spiro atoms. The van der Waals surface area contributed by atoms with E-state index in [0.29, 0.717) is 24.1 Å². The number of carbonyl (C=O) groups is 2. The second kappa shape index (κ2) is 8.95. The van der Waals surface area contributed by atoms with Gasteiger partial charge in [-0.2, -0.15) is 4.99 Å². The number of hydrogen-bond donors (Lipinski definition) is 1. The molecule has 0 saturated carbocycles. The summed E-state index contributed by atoms with van der Waals surface area (Å²) in [6.07, 6.45) is 1.92. The van der Waals surface area contributed by atoms with Crippen LogP contribution >= 0.6 is 0 Å². The number of amides is 2. The smallest absolute Gasteiger partial charge is 0.278 e. The van der Waals surface area contributed by atoms with Crippen molar-refractivity contribution >= 4 is 11.8 Å². The molecule has 1 heterocycles. The van der Waals surface area contributed by atoms with Crippen molar-refractivity contribution in [1.29, 1.82) is 0 Å². The maximum atomic E-state index is 12.6. The van der Waals surface area contributed by atoms with Crippen LogP contribution in [0.4, 0.5) is 0 Å². The van der Waals surface area contributed by atoms with Crippen molar-refractivity contribution in [3.05, 3.63) is 101 Å². The fraction of sp³-hybridized carbons (Fsp3) is 0.174. The van der Waals surface area contributed by atoms with E-state index >= 15 is 0 Å². The van der Waals surface area contributed by atoms with Gasteiger partial charge in [0.15, 0.2) is 0 Å². The minimum atomic E-state index is -0.296. The molecule has 5 heteroatoms. The molecule has 2 aromatic carbocycles. The first-order valence-corrected chi connectivity index (χ1v) is 9.15. The van der Waals surface area contributed by atoms with Gasteiger partial charge in [-0.3, -0.25) is 9.59 Å². The number of nitrogens with one attached hydrogen (secondary N) is 1. The Kier molecular flexibility index (Phi) is 6.17. The van der Waals surface area contributed by atoms with E-state index < -0.39 is 0 Å². The minimum Gasteiger partial charge on any atom is -0.352 e. The summed E-state index contributed by atoms with van der Waals surface area (Å²) in [5.41, 5.74) is 4.41. The maximum Gasteiger partial charge on any atom is 0.278 e. The predicted octanol–water partition coefficient (Wildman–Crippen LogP) is 3.22. The van der Waals surface area contributed by atoms with E-state index in [1.165, 1.54) is 12.5 Å². The maximum absolute atomic E-state index is 12.6. The van der Waals surface area contributed by atoms with Crippen LogP contribution in [0.1, 0.15) is 34.0 Å². The van der Waals surface area contributed by atoms with Crippen LogP contribution in [-0.4, -0.2) is 16.4 Å². The molecule has 0 aliphatic carbocycles. The zero-order valence-corrected chi connectivity index (χ0v) is 16.1. The number of benzene rings is 2. The highest BCUT2D eigenvalue weighted by molar-refractivity contribution is 5.94. The molecule has 0 atom stereocenters. The molecule has 0 saturated heterocycles. The van der Waals surface area contributed by atoms with E-state index in [1.807, 2.05) is 41.1 Å². The Morgan fingerprint density at radius 1 is 0.929 bits per heavy atom. The van der Waals surface area contributed by atoms with Crippen LogP contribution in [0.25, 0.3) is 0 Å². The van der Waals surface area contributed by atoms with E-state index in [-0.39, 0.29) is 11.8 Å². The Morgan fingerprint density at radius 2 is 1.61 bits per heavy atom. The second-order valence-corrected chi connectivity index (χ2v) is 6.70. The molecule has 1 N–H and O–H groups in total. The minimum absolute atomic E-state index is 0.0858. The van der Waals surface area contributed by atoms with Crippen LogP contribution < -0.4 is 10.8 Å². The van der Waals surface area contributed by atoms with Gasteiger partial charge in [-0.25, -0.2) is 0 Å². The lowest BCUT2D eigenvalue weighted by Crippen LogP contribution is -2.22. The molecular formula is C23H23N3O2. The monoisotopic (exact) mass is 373 g/mol. The summed E-state index contributed by atoms with van der Waals surface area (Å²) in [5.74, 6) is -0.382. The Hall–Kier alpha value is -3.47. The van der Waals surface area contributed by atoms with Gasteiger partial charge in [0.25, 0.3) is 5.91 Å². The average molecular weight is 373 g/mol. The Balaban J connectivity index is 1.80. The van der Waals surface area contributed by atoms with Crippen LogP contribution in [-0.2, 0) is 17.9 Å². The molecule has 0 unspecified atom stereocenters. The fourth-order valence-electron chi connectivity index (χ4n) is 2.75. The molecule has 3 aromatic rings. The largest absolute Gasteiger partial charge is 0.352 e. The van der Waals surface area contributed by atoms with Gasteiger partial charge < -0.3 is 9.88 Å². The highest BCUT2D eigenvalue weighted by atomic mass is 16.1. The van der Waals surface area contributed by atoms with Gasteiger partial charge >= 0.3 is 0 Å². The van der Waals surface area contributed by atoms with Gasteiger partial charge in [0.1, 0.15) is 5.49 Å². The number of hydrogen-bond acceptors (Lipinski definition) is 2. The molecule has 0 radical (unpaired) electrons. The van der Waals surface area contributed by atoms with E-state index in [4.69, 9.17) is 0 Å². The Bertz CT molecular complexity index is 1030. The first-order chi connectivity index (χ1) is 13.5. The van der Waals surface area contributed by atoms with Crippen molar-refractivity contribution in [3.63, 3.8) is 0 Å². The molecule has 1 aromatic heterocycles. The van der Waals surface area contributed by atoms with Crippen LogP contribution in [0.15, 0.2) is 77.9 Å². The van der Waals surface area contributed by atoms with Gasteiger partial charge in [0.2, 0.25) is 5.91 Å². The summed E-state index contributed by atoms with van der Waals surface area (Å²) in [7, 11) is 0. The summed E-state index contributed by atoms with van der Waals surface area (Å²) < 4.78 is 1.95. The molecular weight excluding hydrogens is 350 g/mol. The molecule has 3 rings (SSSR count). The van der Waals surface area contributed by atoms with Crippen molar-refractivity contribution in [2.24, 2.45) is 4.99 Å². The number of rotatable bonds is 5. The highest BCUT2D eigenvalue weighted by Crippen LogP contribution is 2.07. The molecule has 0 aliphatic rings. The van der Waals surface area contributed by atoms with Gasteiger partial charge in [0, 0.05) is 31.8 Å². The molecule has 142 valence electrons. The normalized spacial score (nSPS) is 11.3. The first kappa shape index (κ1) is 19.3. The molecule has 5 nitrogen and oxygen atoms in total. The van der Waals surface area contributed by atoms with Crippen LogP contribution in [0.5, 0.6) is 0 Å². The number of carbonyl (C=O) groups excluding carboxylic acids is 2. The van der Waals surface area contributed by atoms with Gasteiger partial charge in [-0.15, -0.1) is 0 Å². The van der Waals surface area contributed by atoms with Gasteiger partial charge in [-0.05, 0) is 42.3 Å². The number of aryl methyl sites for hydroxylation is 1. The third kappa shape index (κ3) is 5.27. The fourth-order valence-corrected chi connectivity index (χ4v) is 2.75. The third-order valence-corrected chi connectivity index (χ3v) is 4.35. The lowest BCUT2D eigenvalue weighted by Gasteiger charge is -2.08. The van der Waals surface area contributed by atoms with Crippen molar-refractivity contribution in [2.45, 2.75) is 26.9 Å².